The Kier molecular flexibility index (Phi) is 10.6. The number of nitrogen functional groups attached to an aromatic ring is 1. The van der Waals surface area contributed by atoms with E-state index in [-0.39, 0.29) is 35.8 Å². The van der Waals surface area contributed by atoms with Crippen LogP contribution in [0.4, 0.5) is 15.7 Å². The second-order valence-electron chi connectivity index (χ2n) is 10.5. The smallest absolute Gasteiger partial charge is 0.407 e. The van der Waals surface area contributed by atoms with Crippen LogP contribution in [0, 0.1) is 11.3 Å². The summed E-state index contributed by atoms with van der Waals surface area (Å²) in [6.07, 6.45) is 1.05. The van der Waals surface area contributed by atoms with Crippen LogP contribution >= 0.6 is 34.3 Å². The van der Waals surface area contributed by atoms with Crippen LogP contribution in [0.5, 0.6) is 5.88 Å². The molecular weight excluding hydrogens is 624 g/mol. The minimum absolute atomic E-state index is 0.0385. The maximum atomic E-state index is 12.3. The van der Waals surface area contributed by atoms with Gasteiger partial charge in [-0.1, -0.05) is 35.9 Å². The van der Waals surface area contributed by atoms with Crippen molar-refractivity contribution in [1.82, 2.24) is 15.3 Å². The Labute approximate surface area is 267 Å². The number of hydrogen-bond acceptors (Lipinski definition) is 12. The largest absolute Gasteiger partial charge is 0.473 e. The van der Waals surface area contributed by atoms with E-state index in [2.05, 4.69) is 15.3 Å². The number of thiophene rings is 2. The van der Waals surface area contributed by atoms with Gasteiger partial charge in [0.2, 0.25) is 11.8 Å². The van der Waals surface area contributed by atoms with E-state index in [0.29, 0.717) is 13.1 Å². The lowest BCUT2D eigenvalue weighted by Crippen LogP contribution is -2.28. The zero-order valence-electron chi connectivity index (χ0n) is 24.5. The summed E-state index contributed by atoms with van der Waals surface area (Å²) in [7, 11) is 1.92. The molecule has 1 amide bonds. The molecule has 3 N–H and O–H groups in total. The number of ether oxygens (including phenoxy) is 3. The number of fused-ring (bicyclic) bond motifs is 1. The van der Waals surface area contributed by atoms with Crippen LogP contribution in [0.15, 0.2) is 48.0 Å². The fraction of sp³-hybridized carbons (Fsp3) is 0.300. The highest BCUT2D eigenvalue weighted by atomic mass is 35.5. The molecule has 0 aliphatic rings. The first-order chi connectivity index (χ1) is 20.9. The third kappa shape index (κ3) is 9.57. The topological polar surface area (TPSA) is 153 Å². The molecule has 0 atom stereocenters. The number of hydrogen-bond donors (Lipinski definition) is 2. The van der Waals surface area contributed by atoms with Gasteiger partial charge in [0, 0.05) is 33.9 Å². The van der Waals surface area contributed by atoms with Crippen LogP contribution in [0.1, 0.15) is 36.8 Å². The molecule has 4 aromatic rings. The van der Waals surface area contributed by atoms with Gasteiger partial charge in [-0.3, -0.25) is 0 Å². The molecule has 0 bridgehead atoms. The maximum Gasteiger partial charge on any atom is 0.407 e. The highest BCUT2D eigenvalue weighted by molar-refractivity contribution is 7.30. The number of alkyl carbamates (subject to hydrolysis) is 1. The molecule has 44 heavy (non-hydrogen) atoms. The number of esters is 1. The lowest BCUT2D eigenvalue weighted by molar-refractivity contribution is -0.149. The van der Waals surface area contributed by atoms with Crippen molar-refractivity contribution in [2.45, 2.75) is 39.5 Å². The average Bonchev–Trinajstić information content (AvgIpc) is 3.52. The van der Waals surface area contributed by atoms with Crippen molar-refractivity contribution in [1.29, 1.82) is 5.26 Å². The molecule has 11 nitrogen and oxygen atoms in total. The fourth-order valence-corrected chi connectivity index (χ4v) is 6.23. The molecule has 0 fully saturated rings. The molecule has 230 valence electrons. The summed E-state index contributed by atoms with van der Waals surface area (Å²) in [5, 5.41) is 13.4. The van der Waals surface area contributed by atoms with Gasteiger partial charge in [-0.2, -0.15) is 10.2 Å². The molecule has 1 aromatic carbocycles. The average molecular weight is 655 g/mol. The van der Waals surface area contributed by atoms with Crippen LogP contribution < -0.4 is 20.7 Å². The number of carbonyl (C=O) groups excluding carboxylic acids is 2. The highest BCUT2D eigenvalue weighted by Gasteiger charge is 2.20. The summed E-state index contributed by atoms with van der Waals surface area (Å²) >= 11 is 8.92. The van der Waals surface area contributed by atoms with Crippen LogP contribution in [-0.2, 0) is 27.4 Å². The van der Waals surface area contributed by atoms with Crippen molar-refractivity contribution < 1.29 is 23.8 Å². The minimum Gasteiger partial charge on any atom is -0.473 e. The number of benzene rings is 1. The molecular formula is C30H31ClN6O5S2. The summed E-state index contributed by atoms with van der Waals surface area (Å²) in [5.41, 5.74) is 6.66. The first-order valence-corrected chi connectivity index (χ1v) is 15.4. The first kappa shape index (κ1) is 32.5. The number of halogens is 1. The van der Waals surface area contributed by atoms with Gasteiger partial charge in [-0.15, -0.1) is 22.7 Å². The van der Waals surface area contributed by atoms with Crippen molar-refractivity contribution in [2.24, 2.45) is 0 Å². The third-order valence-electron chi connectivity index (χ3n) is 5.81. The molecule has 4 rings (SSSR count). The Morgan fingerprint density at radius 1 is 1.11 bits per heavy atom. The highest BCUT2D eigenvalue weighted by Crippen LogP contribution is 2.38. The Balaban J connectivity index is 1.20. The van der Waals surface area contributed by atoms with E-state index in [4.69, 9.17) is 31.5 Å². The predicted molar refractivity (Wildman–Crippen MR) is 173 cm³/mol. The first-order valence-electron chi connectivity index (χ1n) is 13.4. The van der Waals surface area contributed by atoms with Crippen LogP contribution in [-0.4, -0.2) is 47.8 Å². The molecule has 0 aliphatic heterocycles. The van der Waals surface area contributed by atoms with Gasteiger partial charge >= 0.3 is 12.1 Å². The second kappa shape index (κ2) is 14.4. The van der Waals surface area contributed by atoms with Crippen molar-refractivity contribution in [3.8, 4) is 11.9 Å². The molecule has 0 spiro atoms. The number of nitrogens with zero attached hydrogens (tertiary/aromatic N) is 4. The van der Waals surface area contributed by atoms with Gasteiger partial charge in [0.25, 0.3) is 0 Å². The Morgan fingerprint density at radius 3 is 2.48 bits per heavy atom. The monoisotopic (exact) mass is 654 g/mol. The molecule has 0 saturated heterocycles. The van der Waals surface area contributed by atoms with Crippen molar-refractivity contribution >= 4 is 72.8 Å². The summed E-state index contributed by atoms with van der Waals surface area (Å²) in [6.45, 7) is 6.56. The molecule has 14 heteroatoms. The third-order valence-corrected chi connectivity index (χ3v) is 8.36. The van der Waals surface area contributed by atoms with E-state index in [9.17, 15) is 14.9 Å². The summed E-state index contributed by atoms with van der Waals surface area (Å²) < 4.78 is 18.3. The van der Waals surface area contributed by atoms with Gasteiger partial charge in [0.1, 0.15) is 35.6 Å². The van der Waals surface area contributed by atoms with E-state index in [1.807, 2.05) is 54.4 Å². The summed E-state index contributed by atoms with van der Waals surface area (Å²) in [4.78, 5) is 35.1. The van der Waals surface area contributed by atoms with Gasteiger partial charge in [0.15, 0.2) is 0 Å². The van der Waals surface area contributed by atoms with Crippen LogP contribution in [0.3, 0.4) is 0 Å². The standard InChI is InChI=1S/C30H31ClN6O5S2/c1-30(2,3)42-27(38)20(15-32)11-21-12-22-23(43-21)13-26(44-22)37(4)9-10-40-29(39)34-16-18-5-7-19(8-6-18)17-41-25-14-24(31)35-28(33)36-25/h5-8,11-14H,9-10,16-17H2,1-4H3,(H,34,39)(H2,33,35,36)/b20-11+. The van der Waals surface area contributed by atoms with Gasteiger partial charge in [0.05, 0.1) is 11.5 Å². The minimum atomic E-state index is -0.678. The number of likely N-dealkylation sites (N-methyl/N-ethyl adjacent to an activating group) is 1. The number of aromatic nitrogens is 2. The van der Waals surface area contributed by atoms with E-state index < -0.39 is 17.7 Å². The van der Waals surface area contributed by atoms with Gasteiger partial charge in [-0.25, -0.2) is 14.6 Å². The maximum absolute atomic E-state index is 12.3. The quantitative estimate of drug-likeness (QED) is 0.0830. The summed E-state index contributed by atoms with van der Waals surface area (Å²) in [5.74, 6) is -0.316. The lowest BCUT2D eigenvalue weighted by atomic mass is 10.1. The Bertz CT molecular complexity index is 1650. The van der Waals surface area contributed by atoms with Gasteiger partial charge < -0.3 is 30.2 Å². The zero-order chi connectivity index (χ0) is 31.9. The van der Waals surface area contributed by atoms with Crippen LogP contribution in [0.25, 0.3) is 15.5 Å². The Hall–Kier alpha value is -4.38. The van der Waals surface area contributed by atoms with Crippen molar-refractivity contribution in [3.05, 3.63) is 69.2 Å². The molecule has 0 aliphatic carbocycles. The molecule has 0 saturated carbocycles. The SMILES string of the molecule is CN(CCOC(=O)NCc1ccc(COc2cc(Cl)nc(N)n2)cc1)c1cc2sc(/C=C(\C#N)C(=O)OC(C)(C)C)cc2s1. The lowest BCUT2D eigenvalue weighted by Gasteiger charge is -2.18. The number of rotatable bonds is 11. The molecule has 0 unspecified atom stereocenters. The van der Waals surface area contributed by atoms with Crippen molar-refractivity contribution in [2.75, 3.05) is 30.8 Å². The number of carbonyl (C=O) groups is 2. The van der Waals surface area contributed by atoms with E-state index in [1.165, 1.54) is 17.4 Å². The molecule has 3 heterocycles. The van der Waals surface area contributed by atoms with E-state index in [1.54, 1.807) is 38.2 Å². The number of nitrogens with one attached hydrogen (secondary N) is 1. The second-order valence-corrected chi connectivity index (χ2v) is 13.1. The number of amides is 1. The number of anilines is 2. The van der Waals surface area contributed by atoms with E-state index >= 15 is 0 Å². The number of nitriles is 1. The van der Waals surface area contributed by atoms with E-state index in [0.717, 1.165) is 30.4 Å². The zero-order valence-corrected chi connectivity index (χ0v) is 26.9. The normalized spacial score (nSPS) is 11.6. The van der Waals surface area contributed by atoms with Crippen molar-refractivity contribution in [3.63, 3.8) is 0 Å². The fourth-order valence-electron chi connectivity index (χ4n) is 3.72. The van der Waals surface area contributed by atoms with Gasteiger partial charge in [-0.05, 0) is 50.1 Å². The van der Waals surface area contributed by atoms with Crippen LogP contribution in [0.2, 0.25) is 5.15 Å². The molecule has 3 aromatic heterocycles. The Morgan fingerprint density at radius 2 is 1.82 bits per heavy atom. The molecule has 0 radical (unpaired) electrons. The summed E-state index contributed by atoms with van der Waals surface area (Å²) in [6, 6.07) is 14.9. The number of nitrogens with two attached hydrogens (primary N) is 1. The predicted octanol–water partition coefficient (Wildman–Crippen LogP) is 6.18.